The molecule has 0 aliphatic heterocycles. The fourth-order valence-electron chi connectivity index (χ4n) is 1.50. The van der Waals surface area contributed by atoms with E-state index in [2.05, 4.69) is 27.7 Å². The molecule has 0 saturated heterocycles. The molecule has 1 N–H and O–H groups in total. The zero-order valence-corrected chi connectivity index (χ0v) is 9.44. The summed E-state index contributed by atoms with van der Waals surface area (Å²) in [5.41, 5.74) is -0.529. The zero-order valence-electron chi connectivity index (χ0n) is 9.44. The molecule has 0 aromatic rings. The van der Waals surface area contributed by atoms with Gasteiger partial charge in [-0.1, -0.05) is 41.0 Å². The number of rotatable bonds is 4. The van der Waals surface area contributed by atoms with E-state index in [-0.39, 0.29) is 5.41 Å². The maximum absolute atomic E-state index is 10.2. The van der Waals surface area contributed by atoms with Crippen LogP contribution in [0.4, 0.5) is 0 Å². The lowest BCUT2D eigenvalue weighted by Crippen LogP contribution is -2.45. The van der Waals surface area contributed by atoms with Crippen LogP contribution in [0.2, 0.25) is 0 Å². The third kappa shape index (κ3) is 2.01. The highest BCUT2D eigenvalue weighted by molar-refractivity contribution is 4.91. The van der Waals surface area contributed by atoms with E-state index in [1.54, 1.807) is 0 Å². The Balaban J connectivity index is 4.58. The van der Waals surface area contributed by atoms with Crippen molar-refractivity contribution >= 4 is 0 Å². The van der Waals surface area contributed by atoms with Crippen LogP contribution in [0.3, 0.4) is 0 Å². The molecule has 0 aromatic heterocycles. The lowest BCUT2D eigenvalue weighted by molar-refractivity contribution is -0.0825. The van der Waals surface area contributed by atoms with Crippen LogP contribution < -0.4 is 0 Å². The minimum atomic E-state index is -0.539. The molecule has 12 heavy (non-hydrogen) atoms. The second-order valence-corrected chi connectivity index (χ2v) is 4.66. The van der Waals surface area contributed by atoms with Crippen molar-refractivity contribution in [1.29, 1.82) is 0 Å². The van der Waals surface area contributed by atoms with E-state index in [0.717, 1.165) is 12.8 Å². The molecular weight excluding hydrogens is 148 g/mol. The molecule has 0 fully saturated rings. The molecule has 0 amide bonds. The summed E-state index contributed by atoms with van der Waals surface area (Å²) in [5, 5.41) is 10.2. The van der Waals surface area contributed by atoms with Crippen LogP contribution in [0, 0.1) is 11.3 Å². The summed E-state index contributed by atoms with van der Waals surface area (Å²) in [6, 6.07) is 0. The first kappa shape index (κ1) is 12.0. The summed E-state index contributed by atoms with van der Waals surface area (Å²) in [4.78, 5) is 0. The molecule has 1 heteroatoms. The van der Waals surface area contributed by atoms with Gasteiger partial charge in [0.2, 0.25) is 0 Å². The lowest BCUT2D eigenvalue weighted by atomic mass is 9.66. The average molecular weight is 172 g/mol. The van der Waals surface area contributed by atoms with Gasteiger partial charge in [-0.15, -0.1) is 0 Å². The molecule has 2 unspecified atom stereocenters. The predicted octanol–water partition coefficient (Wildman–Crippen LogP) is 3.22. The molecule has 0 spiro atoms. The second kappa shape index (κ2) is 3.78. The molecule has 0 heterocycles. The van der Waals surface area contributed by atoms with Crippen LogP contribution in [0.1, 0.15) is 54.4 Å². The minimum Gasteiger partial charge on any atom is -0.390 e. The van der Waals surface area contributed by atoms with Crippen LogP contribution in [-0.2, 0) is 0 Å². The van der Waals surface area contributed by atoms with Crippen molar-refractivity contribution < 1.29 is 5.11 Å². The Labute approximate surface area is 77.2 Å². The summed E-state index contributed by atoms with van der Waals surface area (Å²) >= 11 is 0. The first-order valence-corrected chi connectivity index (χ1v) is 5.02. The monoisotopic (exact) mass is 172 g/mol. The van der Waals surface area contributed by atoms with Gasteiger partial charge in [-0.05, 0) is 24.7 Å². The number of hydrogen-bond acceptors (Lipinski definition) is 1. The molecule has 74 valence electrons. The Morgan fingerprint density at radius 2 is 1.58 bits per heavy atom. The van der Waals surface area contributed by atoms with Crippen LogP contribution in [0.25, 0.3) is 0 Å². The van der Waals surface area contributed by atoms with Gasteiger partial charge in [-0.2, -0.15) is 0 Å². The van der Waals surface area contributed by atoms with Crippen LogP contribution in [0.5, 0.6) is 0 Å². The summed E-state index contributed by atoms with van der Waals surface area (Å²) in [6.07, 6.45) is 1.95. The van der Waals surface area contributed by atoms with Crippen molar-refractivity contribution in [3.8, 4) is 0 Å². The maximum Gasteiger partial charge on any atom is 0.0670 e. The average Bonchev–Trinajstić information content (AvgIpc) is 2.02. The van der Waals surface area contributed by atoms with Crippen LogP contribution in [0.15, 0.2) is 0 Å². The van der Waals surface area contributed by atoms with Crippen molar-refractivity contribution in [1.82, 2.24) is 0 Å². The normalized spacial score (nSPS) is 20.2. The molecule has 0 radical (unpaired) electrons. The number of hydrogen-bond donors (Lipinski definition) is 1. The van der Waals surface area contributed by atoms with Crippen LogP contribution >= 0.6 is 0 Å². The Kier molecular flexibility index (Phi) is 3.77. The Hall–Kier alpha value is -0.0400. The van der Waals surface area contributed by atoms with Crippen molar-refractivity contribution in [3.63, 3.8) is 0 Å². The van der Waals surface area contributed by atoms with Gasteiger partial charge in [0.05, 0.1) is 5.60 Å². The van der Waals surface area contributed by atoms with Gasteiger partial charge in [0, 0.05) is 0 Å². The molecule has 0 aliphatic carbocycles. The van der Waals surface area contributed by atoms with Crippen molar-refractivity contribution in [3.05, 3.63) is 0 Å². The third-order valence-corrected chi connectivity index (χ3v) is 3.92. The lowest BCUT2D eigenvalue weighted by Gasteiger charge is -2.44. The fraction of sp³-hybridized carbons (Fsp3) is 1.00. The van der Waals surface area contributed by atoms with Crippen LogP contribution in [-0.4, -0.2) is 10.7 Å². The van der Waals surface area contributed by atoms with Gasteiger partial charge in [-0.25, -0.2) is 0 Å². The van der Waals surface area contributed by atoms with E-state index in [4.69, 9.17) is 0 Å². The highest BCUT2D eigenvalue weighted by Crippen LogP contribution is 2.41. The molecule has 0 saturated carbocycles. The van der Waals surface area contributed by atoms with Gasteiger partial charge < -0.3 is 5.11 Å². The summed E-state index contributed by atoms with van der Waals surface area (Å²) in [5.74, 6) is 0.562. The number of aliphatic hydroxyl groups is 1. The van der Waals surface area contributed by atoms with E-state index in [1.165, 1.54) is 0 Å². The third-order valence-electron chi connectivity index (χ3n) is 3.92. The molecule has 0 aliphatic rings. The topological polar surface area (TPSA) is 20.2 Å². The summed E-state index contributed by atoms with van der Waals surface area (Å²) < 4.78 is 0. The van der Waals surface area contributed by atoms with E-state index in [1.807, 2.05) is 13.8 Å². The maximum atomic E-state index is 10.2. The molecule has 2 atom stereocenters. The van der Waals surface area contributed by atoms with Crippen molar-refractivity contribution in [2.75, 3.05) is 0 Å². The van der Waals surface area contributed by atoms with Gasteiger partial charge >= 0.3 is 0 Å². The van der Waals surface area contributed by atoms with Gasteiger partial charge in [0.25, 0.3) is 0 Å². The quantitative estimate of drug-likeness (QED) is 0.690. The van der Waals surface area contributed by atoms with E-state index in [9.17, 15) is 5.11 Å². The molecular formula is C11H24O. The molecule has 1 nitrogen and oxygen atoms in total. The Morgan fingerprint density at radius 1 is 1.17 bits per heavy atom. The predicted molar refractivity (Wildman–Crippen MR) is 54.2 cm³/mol. The standard InChI is InChI=1S/C11H24O/c1-7-9(3)10(4,5)11(6,12)8-2/h9,12H,7-8H2,1-6H3. The largest absolute Gasteiger partial charge is 0.390 e. The fourth-order valence-corrected chi connectivity index (χ4v) is 1.50. The first-order valence-electron chi connectivity index (χ1n) is 5.02. The Bertz CT molecular complexity index is 136. The SMILES string of the molecule is CCC(C)C(C)(C)C(C)(O)CC. The second-order valence-electron chi connectivity index (χ2n) is 4.66. The highest BCUT2D eigenvalue weighted by atomic mass is 16.3. The first-order chi connectivity index (χ1) is 5.29. The van der Waals surface area contributed by atoms with Gasteiger partial charge in [0.15, 0.2) is 0 Å². The van der Waals surface area contributed by atoms with E-state index in [0.29, 0.717) is 5.92 Å². The van der Waals surface area contributed by atoms with Gasteiger partial charge in [-0.3, -0.25) is 0 Å². The van der Waals surface area contributed by atoms with E-state index >= 15 is 0 Å². The van der Waals surface area contributed by atoms with Gasteiger partial charge in [0.1, 0.15) is 0 Å². The smallest absolute Gasteiger partial charge is 0.0670 e. The van der Waals surface area contributed by atoms with Crippen molar-refractivity contribution in [2.24, 2.45) is 11.3 Å². The minimum absolute atomic E-state index is 0.0104. The summed E-state index contributed by atoms with van der Waals surface area (Å²) in [6.45, 7) is 12.7. The zero-order chi connectivity index (χ0) is 9.99. The molecule has 0 rings (SSSR count). The van der Waals surface area contributed by atoms with E-state index < -0.39 is 5.60 Å². The highest BCUT2D eigenvalue weighted by Gasteiger charge is 2.40. The molecule has 0 aromatic carbocycles. The summed E-state index contributed by atoms with van der Waals surface area (Å²) in [7, 11) is 0. The van der Waals surface area contributed by atoms with Crippen molar-refractivity contribution in [2.45, 2.75) is 60.0 Å². The molecule has 0 bridgehead atoms. The Morgan fingerprint density at radius 3 is 1.83 bits per heavy atom.